The quantitative estimate of drug-likeness (QED) is 0.841. The molecule has 2 aromatic rings. The predicted molar refractivity (Wildman–Crippen MR) is 77.2 cm³/mol. The van der Waals surface area contributed by atoms with Gasteiger partial charge < -0.3 is 14.6 Å². The number of carbonyl (C=O) groups excluding carboxylic acids is 2. The molecule has 1 aromatic carbocycles. The molecule has 0 saturated carbocycles. The van der Waals surface area contributed by atoms with E-state index in [9.17, 15) is 9.59 Å². The molecule has 0 bridgehead atoms. The topological polar surface area (TPSA) is 75.4 Å². The van der Waals surface area contributed by atoms with Crippen molar-refractivity contribution in [1.82, 2.24) is 15.2 Å². The molecule has 6 heteroatoms. The number of benzene rings is 1. The fraction of sp³-hybridized carbons (Fsp3) is 0.267. The third-order valence-corrected chi connectivity index (χ3v) is 3.30. The molecule has 2 heterocycles. The first kappa shape index (κ1) is 13.4. The molecule has 0 aliphatic carbocycles. The summed E-state index contributed by atoms with van der Waals surface area (Å²) in [6, 6.07) is 7.43. The summed E-state index contributed by atoms with van der Waals surface area (Å²) in [7, 11) is 0. The molecule has 1 aliphatic rings. The zero-order valence-corrected chi connectivity index (χ0v) is 11.4. The number of fused-ring (bicyclic) bond motifs is 1. The van der Waals surface area contributed by atoms with Crippen molar-refractivity contribution in [2.75, 3.05) is 19.6 Å². The molecule has 6 nitrogen and oxygen atoms in total. The average Bonchev–Trinajstić information content (AvgIpc) is 2.78. The number of hydrogen-bond donors (Lipinski definition) is 1. The van der Waals surface area contributed by atoms with Gasteiger partial charge in [0.05, 0.1) is 0 Å². The van der Waals surface area contributed by atoms with E-state index in [0.717, 1.165) is 5.52 Å². The summed E-state index contributed by atoms with van der Waals surface area (Å²) < 4.78 is 5.51. The summed E-state index contributed by atoms with van der Waals surface area (Å²) in [4.78, 5) is 29.2. The van der Waals surface area contributed by atoms with Gasteiger partial charge in [0.25, 0.3) is 0 Å². The van der Waals surface area contributed by atoms with Crippen molar-refractivity contribution in [3.63, 3.8) is 0 Å². The van der Waals surface area contributed by atoms with Crippen LogP contribution in [0, 0.1) is 0 Å². The van der Waals surface area contributed by atoms with E-state index in [2.05, 4.69) is 10.3 Å². The van der Waals surface area contributed by atoms with Crippen molar-refractivity contribution in [3.05, 3.63) is 36.2 Å². The van der Waals surface area contributed by atoms with Crippen LogP contribution < -0.4 is 5.32 Å². The number of nitrogens with zero attached hydrogens (tertiary/aromatic N) is 2. The second-order valence-electron chi connectivity index (χ2n) is 4.78. The van der Waals surface area contributed by atoms with Crippen LogP contribution >= 0.6 is 0 Å². The maximum absolute atomic E-state index is 12.1. The van der Waals surface area contributed by atoms with E-state index in [-0.39, 0.29) is 11.8 Å². The van der Waals surface area contributed by atoms with Crippen LogP contribution in [0.4, 0.5) is 0 Å². The summed E-state index contributed by atoms with van der Waals surface area (Å²) in [6.45, 7) is 1.44. The number of carbonyl (C=O) groups is 2. The van der Waals surface area contributed by atoms with E-state index >= 15 is 0 Å². The number of oxazole rings is 1. The summed E-state index contributed by atoms with van der Waals surface area (Å²) in [6.07, 6.45) is 3.32. The molecule has 0 radical (unpaired) electrons. The van der Waals surface area contributed by atoms with Crippen LogP contribution in [0.3, 0.4) is 0 Å². The van der Waals surface area contributed by atoms with Gasteiger partial charge in [-0.15, -0.1) is 0 Å². The maximum atomic E-state index is 12.1. The smallest absolute Gasteiger partial charge is 0.246 e. The van der Waals surface area contributed by atoms with Gasteiger partial charge >= 0.3 is 0 Å². The molecule has 0 unspecified atom stereocenters. The molecule has 1 fully saturated rings. The first-order valence-electron chi connectivity index (χ1n) is 6.81. The fourth-order valence-electron chi connectivity index (χ4n) is 2.20. The van der Waals surface area contributed by atoms with Crippen molar-refractivity contribution < 1.29 is 14.0 Å². The van der Waals surface area contributed by atoms with Crippen molar-refractivity contribution in [2.24, 2.45) is 0 Å². The fourth-order valence-corrected chi connectivity index (χ4v) is 2.20. The minimum atomic E-state index is -0.145. The monoisotopic (exact) mass is 285 g/mol. The Labute approximate surface area is 121 Å². The van der Waals surface area contributed by atoms with Crippen LogP contribution in [0.25, 0.3) is 17.2 Å². The molecule has 2 amide bonds. The van der Waals surface area contributed by atoms with Crippen LogP contribution in [0.5, 0.6) is 0 Å². The lowest BCUT2D eigenvalue weighted by Gasteiger charge is -2.16. The highest BCUT2D eigenvalue weighted by Crippen LogP contribution is 2.15. The highest BCUT2D eigenvalue weighted by atomic mass is 16.3. The Hall–Kier alpha value is -2.63. The Balaban J connectivity index is 1.69. The Kier molecular flexibility index (Phi) is 3.68. The molecule has 1 N–H and O–H groups in total. The number of para-hydroxylation sites is 2. The lowest BCUT2D eigenvalue weighted by Crippen LogP contribution is -2.32. The molecule has 0 spiro atoms. The average molecular weight is 285 g/mol. The first-order chi connectivity index (χ1) is 10.2. The minimum Gasteiger partial charge on any atom is -0.437 e. The lowest BCUT2D eigenvalue weighted by atomic mass is 10.3. The third kappa shape index (κ3) is 3.10. The molecule has 0 atom stereocenters. The van der Waals surface area contributed by atoms with E-state index in [4.69, 9.17) is 4.42 Å². The number of nitrogens with one attached hydrogen (secondary N) is 1. The zero-order valence-electron chi connectivity index (χ0n) is 11.4. The molecule has 1 saturated heterocycles. The van der Waals surface area contributed by atoms with Gasteiger partial charge in [-0.3, -0.25) is 9.59 Å². The van der Waals surface area contributed by atoms with Gasteiger partial charge in [-0.2, -0.15) is 0 Å². The van der Waals surface area contributed by atoms with Crippen molar-refractivity contribution in [2.45, 2.75) is 6.42 Å². The van der Waals surface area contributed by atoms with E-state index in [0.29, 0.717) is 37.5 Å². The van der Waals surface area contributed by atoms with Gasteiger partial charge in [0.2, 0.25) is 17.7 Å². The summed E-state index contributed by atoms with van der Waals surface area (Å²) in [5, 5.41) is 2.73. The second-order valence-corrected chi connectivity index (χ2v) is 4.78. The van der Waals surface area contributed by atoms with Crippen molar-refractivity contribution in [1.29, 1.82) is 0 Å². The molecule has 108 valence electrons. The van der Waals surface area contributed by atoms with Gasteiger partial charge in [-0.25, -0.2) is 4.98 Å². The van der Waals surface area contributed by atoms with Crippen molar-refractivity contribution in [3.8, 4) is 0 Å². The maximum Gasteiger partial charge on any atom is 0.246 e. The van der Waals surface area contributed by atoms with Gasteiger partial charge in [-0.05, 0) is 12.1 Å². The molecule has 1 aromatic heterocycles. The van der Waals surface area contributed by atoms with Crippen LogP contribution in [0.15, 0.2) is 34.8 Å². The number of rotatable bonds is 2. The molecular formula is C15H15N3O3. The first-order valence-corrected chi connectivity index (χ1v) is 6.81. The van der Waals surface area contributed by atoms with Gasteiger partial charge in [0.15, 0.2) is 5.58 Å². The van der Waals surface area contributed by atoms with E-state index in [1.807, 2.05) is 24.3 Å². The molecule has 21 heavy (non-hydrogen) atoms. The SMILES string of the molecule is O=C1CCN(C(=O)C=Cc2nc3ccccc3o2)CCN1. The zero-order chi connectivity index (χ0) is 14.7. The predicted octanol–water partition coefficient (Wildman–Crippen LogP) is 1.19. The van der Waals surface area contributed by atoms with Gasteiger partial charge in [0, 0.05) is 38.2 Å². The third-order valence-electron chi connectivity index (χ3n) is 3.30. The summed E-state index contributed by atoms with van der Waals surface area (Å²) in [5.41, 5.74) is 1.45. The number of aromatic nitrogens is 1. The number of amides is 2. The largest absolute Gasteiger partial charge is 0.437 e. The summed E-state index contributed by atoms with van der Waals surface area (Å²) in [5.74, 6) is 0.232. The van der Waals surface area contributed by atoms with E-state index in [1.165, 1.54) is 6.08 Å². The highest BCUT2D eigenvalue weighted by molar-refractivity contribution is 5.92. The second kappa shape index (κ2) is 5.78. The Morgan fingerprint density at radius 3 is 3.05 bits per heavy atom. The van der Waals surface area contributed by atoms with Crippen LogP contribution in [0.2, 0.25) is 0 Å². The van der Waals surface area contributed by atoms with Gasteiger partial charge in [-0.1, -0.05) is 12.1 Å². The normalized spacial score (nSPS) is 16.2. The van der Waals surface area contributed by atoms with Crippen LogP contribution in [0.1, 0.15) is 12.3 Å². The minimum absolute atomic E-state index is 0.0202. The Morgan fingerprint density at radius 2 is 2.19 bits per heavy atom. The van der Waals surface area contributed by atoms with Crippen LogP contribution in [-0.4, -0.2) is 41.3 Å². The molecule has 3 rings (SSSR count). The van der Waals surface area contributed by atoms with E-state index < -0.39 is 0 Å². The van der Waals surface area contributed by atoms with Gasteiger partial charge in [0.1, 0.15) is 5.52 Å². The lowest BCUT2D eigenvalue weighted by molar-refractivity contribution is -0.125. The van der Waals surface area contributed by atoms with Crippen molar-refractivity contribution >= 4 is 29.0 Å². The standard InChI is InChI=1S/C15H15N3O3/c19-13-7-9-18(10-8-16-13)15(20)6-5-14-17-11-3-1-2-4-12(11)21-14/h1-6H,7-10H2,(H,16,19). The van der Waals surface area contributed by atoms with Crippen LogP contribution in [-0.2, 0) is 9.59 Å². The summed E-state index contributed by atoms with van der Waals surface area (Å²) >= 11 is 0. The number of hydrogen-bond acceptors (Lipinski definition) is 4. The Morgan fingerprint density at radius 1 is 1.33 bits per heavy atom. The highest BCUT2D eigenvalue weighted by Gasteiger charge is 2.16. The molecular weight excluding hydrogens is 270 g/mol. The molecule has 1 aliphatic heterocycles. The Bertz CT molecular complexity index is 672. The van der Waals surface area contributed by atoms with E-state index in [1.54, 1.807) is 11.0 Å².